The largest absolute Gasteiger partial charge is 0.465 e. The molecule has 1 atom stereocenters. The predicted molar refractivity (Wildman–Crippen MR) is 90.6 cm³/mol. The predicted octanol–water partition coefficient (Wildman–Crippen LogP) is 4.88. The van der Waals surface area contributed by atoms with Crippen LogP contribution in [0.25, 0.3) is 11.1 Å². The minimum absolute atomic E-state index is 0.00477. The summed E-state index contributed by atoms with van der Waals surface area (Å²) >= 11 is 0. The number of hydrogen-bond acceptors (Lipinski definition) is 2. The van der Waals surface area contributed by atoms with Gasteiger partial charge in [-0.15, -0.1) is 0 Å². The summed E-state index contributed by atoms with van der Waals surface area (Å²) in [6.45, 7) is 4.41. The number of benzene rings is 2. The Bertz CT molecular complexity index is 572. The molecule has 0 aliphatic carbocycles. The van der Waals surface area contributed by atoms with Gasteiger partial charge in [0.15, 0.2) is 0 Å². The molecule has 0 amide bonds. The second-order valence-corrected chi connectivity index (χ2v) is 5.64. The van der Waals surface area contributed by atoms with Crippen LogP contribution in [0, 0.1) is 5.92 Å². The lowest BCUT2D eigenvalue weighted by atomic mass is 10.0. The summed E-state index contributed by atoms with van der Waals surface area (Å²) in [5.41, 5.74) is 3.74. The molecule has 0 aliphatic rings. The van der Waals surface area contributed by atoms with Crippen LogP contribution in [0.15, 0.2) is 54.6 Å². The van der Waals surface area contributed by atoms with Crippen molar-refractivity contribution < 1.29 is 9.53 Å². The van der Waals surface area contributed by atoms with Crippen molar-refractivity contribution in [3.63, 3.8) is 0 Å². The van der Waals surface area contributed by atoms with Crippen LogP contribution in [-0.2, 0) is 16.0 Å². The molecule has 2 heteroatoms. The first kappa shape index (κ1) is 16.3. The van der Waals surface area contributed by atoms with Gasteiger partial charge >= 0.3 is 5.97 Å². The topological polar surface area (TPSA) is 26.3 Å². The van der Waals surface area contributed by atoms with E-state index in [0.717, 1.165) is 19.3 Å². The van der Waals surface area contributed by atoms with Crippen molar-refractivity contribution in [2.24, 2.45) is 5.92 Å². The molecule has 0 fully saturated rings. The number of carbonyl (C=O) groups excluding carboxylic acids is 1. The number of hydrogen-bond donors (Lipinski definition) is 0. The molecule has 0 bridgehead atoms. The van der Waals surface area contributed by atoms with E-state index >= 15 is 0 Å². The molecule has 2 nitrogen and oxygen atoms in total. The van der Waals surface area contributed by atoms with E-state index in [2.05, 4.69) is 48.5 Å². The second kappa shape index (κ2) is 8.38. The van der Waals surface area contributed by atoms with Gasteiger partial charge in [0.2, 0.25) is 0 Å². The average molecular weight is 296 g/mol. The maximum absolute atomic E-state index is 11.6. The summed E-state index contributed by atoms with van der Waals surface area (Å²) in [5, 5.41) is 0. The van der Waals surface area contributed by atoms with Gasteiger partial charge in [0.05, 0.1) is 12.5 Å². The number of esters is 1. The first-order chi connectivity index (χ1) is 10.7. The summed E-state index contributed by atoms with van der Waals surface area (Å²) in [6, 6.07) is 19.0. The van der Waals surface area contributed by atoms with Crippen LogP contribution in [-0.4, -0.2) is 12.6 Å². The molecule has 2 aromatic carbocycles. The van der Waals surface area contributed by atoms with Gasteiger partial charge < -0.3 is 4.74 Å². The molecule has 0 aliphatic heterocycles. The van der Waals surface area contributed by atoms with Crippen LogP contribution in [0.2, 0.25) is 0 Å². The van der Waals surface area contributed by atoms with Crippen LogP contribution in [0.4, 0.5) is 0 Å². The fraction of sp³-hybridized carbons (Fsp3) is 0.350. The van der Waals surface area contributed by atoms with Gasteiger partial charge in [-0.05, 0) is 36.0 Å². The molecule has 0 saturated heterocycles. The first-order valence-electron chi connectivity index (χ1n) is 8.01. The summed E-state index contributed by atoms with van der Waals surface area (Å²) in [5.74, 6) is -0.0768. The van der Waals surface area contributed by atoms with Crippen molar-refractivity contribution in [1.29, 1.82) is 0 Å². The quantitative estimate of drug-likeness (QED) is 0.538. The Morgan fingerprint density at radius 3 is 2.27 bits per heavy atom. The molecule has 0 radical (unpaired) electrons. The maximum Gasteiger partial charge on any atom is 0.308 e. The zero-order valence-electron chi connectivity index (χ0n) is 13.4. The smallest absolute Gasteiger partial charge is 0.308 e. The van der Waals surface area contributed by atoms with Crippen LogP contribution >= 0.6 is 0 Å². The minimum Gasteiger partial charge on any atom is -0.465 e. The molecule has 116 valence electrons. The number of rotatable bonds is 7. The highest BCUT2D eigenvalue weighted by Gasteiger charge is 2.11. The molecule has 0 N–H and O–H groups in total. The molecular weight excluding hydrogens is 272 g/mol. The van der Waals surface area contributed by atoms with E-state index in [1.165, 1.54) is 16.7 Å². The molecule has 0 saturated carbocycles. The average Bonchev–Trinajstić information content (AvgIpc) is 2.59. The number of carbonyl (C=O) groups is 1. The normalized spacial score (nSPS) is 11.9. The van der Waals surface area contributed by atoms with Crippen molar-refractivity contribution in [3.8, 4) is 11.1 Å². The van der Waals surface area contributed by atoms with Crippen molar-refractivity contribution in [3.05, 3.63) is 60.2 Å². The Morgan fingerprint density at radius 1 is 1.00 bits per heavy atom. The van der Waals surface area contributed by atoms with Gasteiger partial charge in [-0.3, -0.25) is 4.79 Å². The fourth-order valence-electron chi connectivity index (χ4n) is 2.25. The Balaban J connectivity index is 1.79. The van der Waals surface area contributed by atoms with Crippen LogP contribution in [0.3, 0.4) is 0 Å². The van der Waals surface area contributed by atoms with E-state index in [0.29, 0.717) is 6.61 Å². The van der Waals surface area contributed by atoms with Crippen molar-refractivity contribution >= 4 is 5.97 Å². The third-order valence-electron chi connectivity index (χ3n) is 3.93. The number of ether oxygens (including phenoxy) is 1. The van der Waals surface area contributed by atoms with E-state index < -0.39 is 0 Å². The third kappa shape index (κ3) is 4.73. The Labute approximate surface area is 133 Å². The highest BCUT2D eigenvalue weighted by Crippen LogP contribution is 2.19. The third-order valence-corrected chi connectivity index (χ3v) is 3.93. The zero-order chi connectivity index (χ0) is 15.8. The zero-order valence-corrected chi connectivity index (χ0v) is 13.4. The summed E-state index contributed by atoms with van der Waals surface area (Å²) in [7, 11) is 0. The molecule has 0 heterocycles. The van der Waals surface area contributed by atoms with Crippen molar-refractivity contribution in [1.82, 2.24) is 0 Å². The van der Waals surface area contributed by atoms with Crippen molar-refractivity contribution in [2.75, 3.05) is 6.61 Å². The Morgan fingerprint density at radius 2 is 1.64 bits per heavy atom. The standard InChI is InChI=1S/C20H24O2/c1-3-16(2)20(21)22-15-7-8-17-11-13-19(14-12-17)18-9-5-4-6-10-18/h4-6,9-14,16H,3,7-8,15H2,1-2H3. The summed E-state index contributed by atoms with van der Waals surface area (Å²) in [6.07, 6.45) is 2.63. The lowest BCUT2D eigenvalue weighted by molar-refractivity contribution is -0.148. The molecule has 0 spiro atoms. The molecule has 2 rings (SSSR count). The molecular formula is C20H24O2. The van der Waals surface area contributed by atoms with E-state index in [1.54, 1.807) is 0 Å². The Hall–Kier alpha value is -2.09. The van der Waals surface area contributed by atoms with Gasteiger partial charge in [0.25, 0.3) is 0 Å². The monoisotopic (exact) mass is 296 g/mol. The van der Waals surface area contributed by atoms with E-state index in [9.17, 15) is 4.79 Å². The fourth-order valence-corrected chi connectivity index (χ4v) is 2.25. The SMILES string of the molecule is CCC(C)C(=O)OCCCc1ccc(-c2ccccc2)cc1. The highest BCUT2D eigenvalue weighted by molar-refractivity contribution is 5.71. The maximum atomic E-state index is 11.6. The van der Waals surface area contributed by atoms with E-state index in [4.69, 9.17) is 4.74 Å². The minimum atomic E-state index is -0.0816. The first-order valence-corrected chi connectivity index (χ1v) is 8.01. The molecule has 1 unspecified atom stereocenters. The van der Waals surface area contributed by atoms with Gasteiger partial charge in [0.1, 0.15) is 0 Å². The van der Waals surface area contributed by atoms with Gasteiger partial charge in [-0.2, -0.15) is 0 Å². The molecule has 22 heavy (non-hydrogen) atoms. The lowest BCUT2D eigenvalue weighted by Gasteiger charge is -2.09. The van der Waals surface area contributed by atoms with E-state index in [1.807, 2.05) is 19.9 Å². The van der Waals surface area contributed by atoms with Gasteiger partial charge in [0, 0.05) is 0 Å². The summed E-state index contributed by atoms with van der Waals surface area (Å²) < 4.78 is 5.27. The highest BCUT2D eigenvalue weighted by atomic mass is 16.5. The Kier molecular flexibility index (Phi) is 6.20. The second-order valence-electron chi connectivity index (χ2n) is 5.64. The van der Waals surface area contributed by atoms with Crippen molar-refractivity contribution in [2.45, 2.75) is 33.1 Å². The molecule has 0 aromatic heterocycles. The lowest BCUT2D eigenvalue weighted by Crippen LogP contribution is -2.14. The van der Waals surface area contributed by atoms with Crippen LogP contribution in [0.5, 0.6) is 0 Å². The van der Waals surface area contributed by atoms with Gasteiger partial charge in [-0.25, -0.2) is 0 Å². The van der Waals surface area contributed by atoms with Crippen LogP contribution < -0.4 is 0 Å². The number of aryl methyl sites for hydroxylation is 1. The summed E-state index contributed by atoms with van der Waals surface area (Å²) in [4.78, 5) is 11.6. The van der Waals surface area contributed by atoms with Gasteiger partial charge in [-0.1, -0.05) is 68.4 Å². The molecule has 2 aromatic rings. The van der Waals surface area contributed by atoms with Crippen LogP contribution in [0.1, 0.15) is 32.3 Å². The van der Waals surface area contributed by atoms with E-state index in [-0.39, 0.29) is 11.9 Å².